The number of halogens is 1. The molecule has 1 aromatic carbocycles. The van der Waals surface area contributed by atoms with E-state index in [1.807, 2.05) is 18.2 Å². The molecule has 0 spiro atoms. The molecule has 0 fully saturated rings. The van der Waals surface area contributed by atoms with Crippen LogP contribution in [-0.4, -0.2) is 24.7 Å². The first-order chi connectivity index (χ1) is 8.58. The molecule has 1 aromatic rings. The van der Waals surface area contributed by atoms with Gasteiger partial charge >= 0.3 is 0 Å². The van der Waals surface area contributed by atoms with Gasteiger partial charge in [-0.1, -0.05) is 41.5 Å². The molecule has 3 nitrogen and oxygen atoms in total. The van der Waals surface area contributed by atoms with Crippen LogP contribution in [0.4, 0.5) is 5.69 Å². The fraction of sp³-hybridized carbons (Fsp3) is 0.462. The van der Waals surface area contributed by atoms with Crippen molar-refractivity contribution in [3.8, 4) is 0 Å². The van der Waals surface area contributed by atoms with Gasteiger partial charge in [0, 0.05) is 28.9 Å². The third-order valence-corrected chi connectivity index (χ3v) is 3.32. The van der Waals surface area contributed by atoms with Crippen molar-refractivity contribution in [1.82, 2.24) is 0 Å². The number of hydrogen-bond acceptors (Lipinski definition) is 3. The summed E-state index contributed by atoms with van der Waals surface area (Å²) in [5.41, 5.74) is 7.56. The summed E-state index contributed by atoms with van der Waals surface area (Å²) in [5, 5.41) is 3.44. The molecule has 18 heavy (non-hydrogen) atoms. The first-order valence-corrected chi connectivity index (χ1v) is 7.13. The molecule has 100 valence electrons. The van der Waals surface area contributed by atoms with Crippen LogP contribution < -0.4 is 11.1 Å². The average molecular weight is 331 g/mol. The third-order valence-electron chi connectivity index (χ3n) is 2.61. The SMILES string of the molecule is CCCC(COC)Nc1ccc(Br)cc1C(N)=S. The van der Waals surface area contributed by atoms with E-state index in [1.54, 1.807) is 7.11 Å². The summed E-state index contributed by atoms with van der Waals surface area (Å²) in [6, 6.07) is 6.16. The monoisotopic (exact) mass is 330 g/mol. The Bertz CT molecular complexity index is 406. The van der Waals surface area contributed by atoms with Crippen LogP contribution in [0.2, 0.25) is 0 Å². The Morgan fingerprint density at radius 3 is 2.83 bits per heavy atom. The highest BCUT2D eigenvalue weighted by Crippen LogP contribution is 2.22. The molecular weight excluding hydrogens is 312 g/mol. The van der Waals surface area contributed by atoms with E-state index in [-0.39, 0.29) is 6.04 Å². The second kappa shape index (κ2) is 7.71. The molecule has 1 rings (SSSR count). The maximum atomic E-state index is 5.75. The highest BCUT2D eigenvalue weighted by molar-refractivity contribution is 9.10. The molecule has 0 amide bonds. The summed E-state index contributed by atoms with van der Waals surface area (Å²) >= 11 is 8.50. The van der Waals surface area contributed by atoms with Gasteiger partial charge < -0.3 is 15.8 Å². The van der Waals surface area contributed by atoms with Crippen molar-refractivity contribution in [2.24, 2.45) is 5.73 Å². The van der Waals surface area contributed by atoms with Gasteiger partial charge in [0.15, 0.2) is 0 Å². The van der Waals surface area contributed by atoms with Gasteiger partial charge in [0.25, 0.3) is 0 Å². The highest BCUT2D eigenvalue weighted by Gasteiger charge is 2.11. The largest absolute Gasteiger partial charge is 0.389 e. The fourth-order valence-electron chi connectivity index (χ4n) is 1.81. The van der Waals surface area contributed by atoms with E-state index in [0.717, 1.165) is 28.6 Å². The molecule has 0 aliphatic heterocycles. The molecule has 0 heterocycles. The maximum absolute atomic E-state index is 5.75. The molecule has 1 unspecified atom stereocenters. The highest BCUT2D eigenvalue weighted by atomic mass is 79.9. The van der Waals surface area contributed by atoms with E-state index >= 15 is 0 Å². The summed E-state index contributed by atoms with van der Waals surface area (Å²) in [6.07, 6.45) is 2.14. The van der Waals surface area contributed by atoms with Gasteiger partial charge in [-0.3, -0.25) is 0 Å². The Morgan fingerprint density at radius 2 is 2.28 bits per heavy atom. The lowest BCUT2D eigenvalue weighted by Crippen LogP contribution is -2.26. The molecule has 1 atom stereocenters. The van der Waals surface area contributed by atoms with Crippen LogP contribution >= 0.6 is 28.1 Å². The Kier molecular flexibility index (Phi) is 6.60. The number of thiocarbonyl (C=S) groups is 1. The van der Waals surface area contributed by atoms with Gasteiger partial charge in [-0.25, -0.2) is 0 Å². The second-order valence-electron chi connectivity index (χ2n) is 4.14. The molecule has 0 aliphatic carbocycles. The molecular formula is C13H19BrN2OS. The summed E-state index contributed by atoms with van der Waals surface area (Å²) in [5.74, 6) is 0. The standard InChI is InChI=1S/C13H19BrN2OS/c1-3-4-10(8-17-2)16-12-6-5-9(14)7-11(12)13(15)18/h5-7,10,16H,3-4,8H2,1-2H3,(H2,15,18). The minimum atomic E-state index is 0.272. The van der Waals surface area contributed by atoms with E-state index in [4.69, 9.17) is 22.7 Å². The van der Waals surface area contributed by atoms with Crippen LogP contribution in [-0.2, 0) is 4.74 Å². The van der Waals surface area contributed by atoms with Crippen LogP contribution in [0.15, 0.2) is 22.7 Å². The molecule has 0 saturated heterocycles. The Balaban J connectivity index is 2.90. The fourth-order valence-corrected chi connectivity index (χ4v) is 2.34. The average Bonchev–Trinajstić information content (AvgIpc) is 2.32. The minimum Gasteiger partial charge on any atom is -0.389 e. The van der Waals surface area contributed by atoms with Crippen LogP contribution in [0.25, 0.3) is 0 Å². The van der Waals surface area contributed by atoms with Crippen molar-refractivity contribution < 1.29 is 4.74 Å². The van der Waals surface area contributed by atoms with E-state index in [2.05, 4.69) is 28.2 Å². The third kappa shape index (κ3) is 4.55. The lowest BCUT2D eigenvalue weighted by Gasteiger charge is -2.20. The van der Waals surface area contributed by atoms with Gasteiger partial charge in [0.2, 0.25) is 0 Å². The number of ether oxygens (including phenoxy) is 1. The quantitative estimate of drug-likeness (QED) is 0.753. The number of nitrogens with one attached hydrogen (secondary N) is 1. The second-order valence-corrected chi connectivity index (χ2v) is 5.49. The lowest BCUT2D eigenvalue weighted by molar-refractivity contribution is 0.182. The number of nitrogens with two attached hydrogens (primary N) is 1. The zero-order valence-electron chi connectivity index (χ0n) is 10.7. The van der Waals surface area contributed by atoms with Gasteiger partial charge in [0.05, 0.1) is 6.61 Å². The first kappa shape index (κ1) is 15.4. The lowest BCUT2D eigenvalue weighted by atomic mass is 10.1. The Labute approximate surface area is 122 Å². The van der Waals surface area contributed by atoms with Gasteiger partial charge in [-0.15, -0.1) is 0 Å². The van der Waals surface area contributed by atoms with Crippen molar-refractivity contribution in [3.63, 3.8) is 0 Å². The van der Waals surface area contributed by atoms with Gasteiger partial charge in [-0.05, 0) is 24.6 Å². The van der Waals surface area contributed by atoms with Crippen LogP contribution in [0.3, 0.4) is 0 Å². The van der Waals surface area contributed by atoms with Crippen molar-refractivity contribution in [1.29, 1.82) is 0 Å². The number of hydrogen-bond donors (Lipinski definition) is 2. The Morgan fingerprint density at radius 1 is 1.56 bits per heavy atom. The Hall–Kier alpha value is -0.650. The van der Waals surface area contributed by atoms with Crippen LogP contribution in [0, 0.1) is 0 Å². The van der Waals surface area contributed by atoms with Crippen LogP contribution in [0.5, 0.6) is 0 Å². The zero-order valence-corrected chi connectivity index (χ0v) is 13.1. The molecule has 0 aliphatic rings. The predicted octanol–water partition coefficient (Wildman–Crippen LogP) is 3.31. The predicted molar refractivity (Wildman–Crippen MR) is 84.2 cm³/mol. The van der Waals surface area contributed by atoms with E-state index < -0.39 is 0 Å². The summed E-state index contributed by atoms with van der Waals surface area (Å²) in [7, 11) is 1.71. The van der Waals surface area contributed by atoms with Crippen LogP contribution in [0.1, 0.15) is 25.3 Å². The topological polar surface area (TPSA) is 47.3 Å². The molecule has 0 saturated carbocycles. The van der Waals surface area contributed by atoms with Crippen molar-refractivity contribution in [2.75, 3.05) is 19.0 Å². The smallest absolute Gasteiger partial charge is 0.106 e. The van der Waals surface area contributed by atoms with Gasteiger partial charge in [-0.2, -0.15) is 0 Å². The summed E-state index contributed by atoms with van der Waals surface area (Å²) < 4.78 is 6.18. The number of anilines is 1. The zero-order chi connectivity index (χ0) is 13.5. The summed E-state index contributed by atoms with van der Waals surface area (Å²) in [6.45, 7) is 2.82. The van der Waals surface area contributed by atoms with E-state index in [0.29, 0.717) is 11.6 Å². The molecule has 0 aromatic heterocycles. The van der Waals surface area contributed by atoms with Crippen molar-refractivity contribution in [2.45, 2.75) is 25.8 Å². The normalized spacial score (nSPS) is 12.2. The molecule has 0 radical (unpaired) electrons. The minimum absolute atomic E-state index is 0.272. The molecule has 3 N–H and O–H groups in total. The molecule has 5 heteroatoms. The van der Waals surface area contributed by atoms with Crippen molar-refractivity contribution in [3.05, 3.63) is 28.2 Å². The van der Waals surface area contributed by atoms with Crippen molar-refractivity contribution >= 4 is 38.8 Å². The number of methoxy groups -OCH3 is 1. The maximum Gasteiger partial charge on any atom is 0.106 e. The molecule has 0 bridgehead atoms. The van der Waals surface area contributed by atoms with E-state index in [1.165, 1.54) is 0 Å². The first-order valence-electron chi connectivity index (χ1n) is 5.93. The number of benzene rings is 1. The number of rotatable bonds is 7. The van der Waals surface area contributed by atoms with E-state index in [9.17, 15) is 0 Å². The van der Waals surface area contributed by atoms with Gasteiger partial charge in [0.1, 0.15) is 4.99 Å². The summed E-state index contributed by atoms with van der Waals surface area (Å²) in [4.78, 5) is 0.395.